The lowest BCUT2D eigenvalue weighted by atomic mass is 10.2. The molecule has 2 aromatic rings. The highest BCUT2D eigenvalue weighted by atomic mass is 79.9. The summed E-state index contributed by atoms with van der Waals surface area (Å²) < 4.78 is 13.5. The van der Waals surface area contributed by atoms with Gasteiger partial charge in [0, 0.05) is 16.6 Å². The van der Waals surface area contributed by atoms with Crippen molar-refractivity contribution in [3.8, 4) is 11.5 Å². The molecule has 3 nitrogen and oxygen atoms in total. The van der Waals surface area contributed by atoms with Crippen LogP contribution in [0, 0.1) is 0 Å². The molecular weight excluding hydrogens is 398 g/mol. The molecule has 21 heavy (non-hydrogen) atoms. The van der Waals surface area contributed by atoms with E-state index >= 15 is 0 Å². The second-order valence-electron chi connectivity index (χ2n) is 4.41. The van der Waals surface area contributed by atoms with Crippen molar-refractivity contribution in [3.63, 3.8) is 0 Å². The summed E-state index contributed by atoms with van der Waals surface area (Å²) in [5, 5.41) is 3.14. The zero-order valence-corrected chi connectivity index (χ0v) is 14.9. The van der Waals surface area contributed by atoms with Crippen LogP contribution in [0.5, 0.6) is 11.5 Å². The maximum absolute atomic E-state index is 5.85. The summed E-state index contributed by atoms with van der Waals surface area (Å²) in [5.41, 5.74) is 1.12. The maximum Gasteiger partial charge on any atom is 0.138 e. The molecule has 0 heterocycles. The van der Waals surface area contributed by atoms with Crippen LogP contribution in [-0.4, -0.2) is 20.3 Å². The number of halogens is 2. The number of rotatable bonds is 7. The lowest BCUT2D eigenvalue weighted by Crippen LogP contribution is -2.12. The molecule has 0 fully saturated rings. The standard InChI is InChI=1S/C16H17Br2NO2/c1-19-11-12-4-2-7-15(18)16(12)21-9-8-20-14-6-3-5-13(17)10-14/h2-7,10,19H,8-9,11H2,1H3. The number of benzene rings is 2. The van der Waals surface area contributed by atoms with Crippen LogP contribution < -0.4 is 14.8 Å². The van der Waals surface area contributed by atoms with Gasteiger partial charge in [-0.1, -0.05) is 34.1 Å². The quantitative estimate of drug-likeness (QED) is 0.681. The first-order valence-electron chi connectivity index (χ1n) is 6.64. The van der Waals surface area contributed by atoms with Crippen LogP contribution in [0.15, 0.2) is 51.4 Å². The van der Waals surface area contributed by atoms with Gasteiger partial charge in [-0.3, -0.25) is 0 Å². The first kappa shape index (κ1) is 16.3. The van der Waals surface area contributed by atoms with Crippen molar-refractivity contribution >= 4 is 31.9 Å². The molecule has 0 saturated carbocycles. The van der Waals surface area contributed by atoms with Crippen molar-refractivity contribution in [1.29, 1.82) is 0 Å². The minimum absolute atomic E-state index is 0.492. The van der Waals surface area contributed by atoms with E-state index in [1.54, 1.807) is 0 Å². The maximum atomic E-state index is 5.85. The second-order valence-corrected chi connectivity index (χ2v) is 6.18. The summed E-state index contributed by atoms with van der Waals surface area (Å²) in [7, 11) is 1.92. The Labute approximate surface area is 141 Å². The fraction of sp³-hybridized carbons (Fsp3) is 0.250. The second kappa shape index (κ2) is 8.41. The molecule has 0 aromatic heterocycles. The smallest absolute Gasteiger partial charge is 0.138 e. The van der Waals surface area contributed by atoms with Gasteiger partial charge in [0.25, 0.3) is 0 Å². The van der Waals surface area contributed by atoms with Crippen LogP contribution in [-0.2, 0) is 6.54 Å². The van der Waals surface area contributed by atoms with E-state index in [0.29, 0.717) is 13.2 Å². The Morgan fingerprint density at radius 3 is 2.52 bits per heavy atom. The van der Waals surface area contributed by atoms with Gasteiger partial charge >= 0.3 is 0 Å². The third-order valence-corrected chi connectivity index (χ3v) is 3.93. The Balaban J connectivity index is 1.89. The normalized spacial score (nSPS) is 10.4. The van der Waals surface area contributed by atoms with Crippen LogP contribution in [0.3, 0.4) is 0 Å². The molecule has 0 amide bonds. The molecule has 0 saturated heterocycles. The van der Waals surface area contributed by atoms with Crippen molar-refractivity contribution in [2.24, 2.45) is 0 Å². The Hall–Kier alpha value is -1.04. The van der Waals surface area contributed by atoms with Crippen LogP contribution in [0.2, 0.25) is 0 Å². The third kappa shape index (κ3) is 5.02. The van der Waals surface area contributed by atoms with Crippen LogP contribution in [0.1, 0.15) is 5.56 Å². The van der Waals surface area contributed by atoms with E-state index in [0.717, 1.165) is 32.6 Å². The van der Waals surface area contributed by atoms with Crippen molar-refractivity contribution in [3.05, 3.63) is 57.0 Å². The lowest BCUT2D eigenvalue weighted by Gasteiger charge is -2.13. The Morgan fingerprint density at radius 1 is 1.00 bits per heavy atom. The summed E-state index contributed by atoms with van der Waals surface area (Å²) in [5.74, 6) is 1.69. The molecule has 0 radical (unpaired) electrons. The predicted molar refractivity (Wildman–Crippen MR) is 92.0 cm³/mol. The van der Waals surface area contributed by atoms with Gasteiger partial charge in [-0.2, -0.15) is 0 Å². The number of para-hydroxylation sites is 1. The van der Waals surface area contributed by atoms with Gasteiger partial charge < -0.3 is 14.8 Å². The van der Waals surface area contributed by atoms with Crippen LogP contribution in [0.4, 0.5) is 0 Å². The van der Waals surface area contributed by atoms with E-state index in [2.05, 4.69) is 37.2 Å². The zero-order valence-electron chi connectivity index (χ0n) is 11.7. The first-order chi connectivity index (χ1) is 10.2. The fourth-order valence-electron chi connectivity index (χ4n) is 1.90. The number of nitrogens with one attached hydrogen (secondary N) is 1. The molecule has 0 aliphatic heterocycles. The highest BCUT2D eigenvalue weighted by molar-refractivity contribution is 9.10. The molecule has 112 valence electrons. The monoisotopic (exact) mass is 413 g/mol. The summed E-state index contributed by atoms with van der Waals surface area (Å²) in [6, 6.07) is 13.8. The van der Waals surface area contributed by atoms with E-state index in [4.69, 9.17) is 9.47 Å². The van der Waals surface area contributed by atoms with Crippen LogP contribution in [0.25, 0.3) is 0 Å². The Bertz CT molecular complexity index is 590. The molecule has 0 aliphatic rings. The van der Waals surface area contributed by atoms with Gasteiger partial charge in [-0.25, -0.2) is 0 Å². The van der Waals surface area contributed by atoms with E-state index in [-0.39, 0.29) is 0 Å². The van der Waals surface area contributed by atoms with Gasteiger partial charge in [-0.15, -0.1) is 0 Å². The van der Waals surface area contributed by atoms with Crippen molar-refractivity contribution in [2.75, 3.05) is 20.3 Å². The van der Waals surface area contributed by atoms with Gasteiger partial charge in [-0.05, 0) is 47.2 Å². The molecule has 0 bridgehead atoms. The minimum atomic E-state index is 0.492. The van der Waals surface area contributed by atoms with Gasteiger partial charge in [0.05, 0.1) is 4.47 Å². The molecule has 2 aromatic carbocycles. The average Bonchev–Trinajstić information content (AvgIpc) is 2.46. The molecule has 0 spiro atoms. The van der Waals surface area contributed by atoms with E-state index in [1.807, 2.05) is 49.5 Å². The number of hydrogen-bond donors (Lipinski definition) is 1. The van der Waals surface area contributed by atoms with E-state index in [1.165, 1.54) is 0 Å². The van der Waals surface area contributed by atoms with Crippen molar-refractivity contribution < 1.29 is 9.47 Å². The molecule has 0 aliphatic carbocycles. The minimum Gasteiger partial charge on any atom is -0.490 e. The molecule has 0 atom stereocenters. The van der Waals surface area contributed by atoms with Gasteiger partial charge in [0.1, 0.15) is 24.7 Å². The van der Waals surface area contributed by atoms with Gasteiger partial charge in [0.2, 0.25) is 0 Å². The highest BCUT2D eigenvalue weighted by Gasteiger charge is 2.07. The largest absolute Gasteiger partial charge is 0.490 e. The number of ether oxygens (including phenoxy) is 2. The average molecular weight is 415 g/mol. The van der Waals surface area contributed by atoms with Crippen molar-refractivity contribution in [2.45, 2.75) is 6.54 Å². The summed E-state index contributed by atoms with van der Waals surface area (Å²) >= 11 is 6.94. The lowest BCUT2D eigenvalue weighted by molar-refractivity contribution is 0.215. The summed E-state index contributed by atoms with van der Waals surface area (Å²) in [6.07, 6.45) is 0. The zero-order chi connectivity index (χ0) is 15.1. The number of hydrogen-bond acceptors (Lipinski definition) is 3. The topological polar surface area (TPSA) is 30.5 Å². The first-order valence-corrected chi connectivity index (χ1v) is 8.22. The van der Waals surface area contributed by atoms with Crippen LogP contribution >= 0.6 is 31.9 Å². The third-order valence-electron chi connectivity index (χ3n) is 2.81. The fourth-order valence-corrected chi connectivity index (χ4v) is 2.80. The molecule has 2 rings (SSSR count). The van der Waals surface area contributed by atoms with Crippen molar-refractivity contribution in [1.82, 2.24) is 5.32 Å². The van der Waals surface area contributed by atoms with E-state index < -0.39 is 0 Å². The molecule has 1 N–H and O–H groups in total. The molecular formula is C16H17Br2NO2. The highest BCUT2D eigenvalue weighted by Crippen LogP contribution is 2.29. The summed E-state index contributed by atoms with van der Waals surface area (Å²) in [4.78, 5) is 0. The SMILES string of the molecule is CNCc1cccc(Br)c1OCCOc1cccc(Br)c1. The Kier molecular flexibility index (Phi) is 6.54. The predicted octanol–water partition coefficient (Wildman–Crippen LogP) is 4.39. The molecule has 5 heteroatoms. The van der Waals surface area contributed by atoms with E-state index in [9.17, 15) is 0 Å². The molecule has 0 unspecified atom stereocenters. The van der Waals surface area contributed by atoms with Gasteiger partial charge in [0.15, 0.2) is 0 Å². The summed E-state index contributed by atoms with van der Waals surface area (Å²) in [6.45, 7) is 1.75. The Morgan fingerprint density at radius 2 is 1.76 bits per heavy atom.